The zero-order valence-corrected chi connectivity index (χ0v) is 16.1. The van der Waals surface area contributed by atoms with Crippen LogP contribution in [-0.2, 0) is 14.8 Å². The summed E-state index contributed by atoms with van der Waals surface area (Å²) in [4.78, 5) is 23.3. The first-order valence-electron chi connectivity index (χ1n) is 8.45. The molecule has 28 heavy (non-hydrogen) atoms. The number of hydrogen-bond donors (Lipinski definition) is 2. The smallest absolute Gasteiger partial charge is 0.240 e. The number of hydrogen-bond acceptors (Lipinski definition) is 4. The van der Waals surface area contributed by atoms with Gasteiger partial charge in [0.2, 0.25) is 15.9 Å². The molecule has 0 radical (unpaired) electrons. The molecule has 2 rings (SSSR count). The second-order valence-electron chi connectivity index (χ2n) is 6.19. The minimum atomic E-state index is -3.88. The highest BCUT2D eigenvalue weighted by Crippen LogP contribution is 2.16. The molecule has 2 N–H and O–H groups in total. The van der Waals surface area contributed by atoms with Crippen molar-refractivity contribution in [2.75, 3.05) is 6.54 Å². The van der Waals surface area contributed by atoms with Crippen molar-refractivity contribution >= 4 is 21.7 Å². The molecule has 0 aromatic heterocycles. The lowest BCUT2D eigenvalue weighted by atomic mass is 10.1. The summed E-state index contributed by atoms with van der Waals surface area (Å²) in [5, 5.41) is 2.59. The summed E-state index contributed by atoms with van der Waals surface area (Å²) in [6, 6.07) is 8.31. The second-order valence-corrected chi connectivity index (χ2v) is 7.96. The number of nitrogens with one attached hydrogen (secondary N) is 2. The molecule has 0 aliphatic rings. The van der Waals surface area contributed by atoms with Crippen molar-refractivity contribution in [1.29, 1.82) is 0 Å². The maximum absolute atomic E-state index is 13.3. The van der Waals surface area contributed by atoms with Crippen LogP contribution in [-0.4, -0.2) is 26.7 Å². The molecular weight excluding hydrogens is 390 g/mol. The van der Waals surface area contributed by atoms with E-state index in [1.807, 2.05) is 0 Å². The molecule has 0 saturated carbocycles. The molecule has 0 aliphatic carbocycles. The standard InChI is InChI=1S/C19H20F2N2O4S/c1-12(14-6-7-17(20)18(21)11-14)23-19(25)8-9-22-28(26,27)16-5-3-4-15(10-16)13(2)24/h3-7,10-12,22H,8-9H2,1-2H3,(H,23,25). The zero-order chi connectivity index (χ0) is 20.9. The average Bonchev–Trinajstić information content (AvgIpc) is 2.63. The fourth-order valence-corrected chi connectivity index (χ4v) is 3.52. The summed E-state index contributed by atoms with van der Waals surface area (Å²) in [6.45, 7) is 2.77. The summed E-state index contributed by atoms with van der Waals surface area (Å²) < 4.78 is 53.1. The number of rotatable bonds is 8. The summed E-state index contributed by atoms with van der Waals surface area (Å²) >= 11 is 0. The van der Waals surface area contributed by atoms with E-state index in [4.69, 9.17) is 0 Å². The molecule has 6 nitrogen and oxygen atoms in total. The van der Waals surface area contributed by atoms with Crippen LogP contribution < -0.4 is 10.0 Å². The van der Waals surface area contributed by atoms with Gasteiger partial charge >= 0.3 is 0 Å². The van der Waals surface area contributed by atoms with Crippen molar-refractivity contribution < 1.29 is 26.8 Å². The van der Waals surface area contributed by atoms with Crippen molar-refractivity contribution in [3.8, 4) is 0 Å². The van der Waals surface area contributed by atoms with Gasteiger partial charge < -0.3 is 5.32 Å². The SMILES string of the molecule is CC(=O)c1cccc(S(=O)(=O)NCCC(=O)NC(C)c2ccc(F)c(F)c2)c1. The van der Waals surface area contributed by atoms with E-state index >= 15 is 0 Å². The van der Waals surface area contributed by atoms with Crippen LogP contribution >= 0.6 is 0 Å². The average molecular weight is 410 g/mol. The Labute approximate surface area is 162 Å². The quantitative estimate of drug-likeness (QED) is 0.655. The summed E-state index contributed by atoms with van der Waals surface area (Å²) in [6.07, 6.45) is -0.153. The number of ketones is 1. The lowest BCUT2D eigenvalue weighted by molar-refractivity contribution is -0.121. The van der Waals surface area contributed by atoms with Crippen LogP contribution in [0.2, 0.25) is 0 Å². The highest BCUT2D eigenvalue weighted by molar-refractivity contribution is 7.89. The molecule has 0 spiro atoms. The first kappa shape index (κ1) is 21.6. The fourth-order valence-electron chi connectivity index (χ4n) is 2.44. The summed E-state index contributed by atoms with van der Waals surface area (Å²) in [5.74, 6) is -2.72. The Hall–Kier alpha value is -2.65. The molecule has 1 unspecified atom stereocenters. The van der Waals surface area contributed by atoms with Crippen LogP contribution in [0.3, 0.4) is 0 Å². The summed E-state index contributed by atoms with van der Waals surface area (Å²) in [5.41, 5.74) is 0.648. The van der Waals surface area contributed by atoms with Gasteiger partial charge in [-0.3, -0.25) is 9.59 Å². The number of carbonyl (C=O) groups is 2. The molecule has 1 atom stereocenters. The number of halogens is 2. The van der Waals surface area contributed by atoms with Gasteiger partial charge in [-0.05, 0) is 43.7 Å². The molecule has 2 aromatic rings. The van der Waals surface area contributed by atoms with Crippen LogP contribution in [0.15, 0.2) is 47.4 Å². The number of Topliss-reactive ketones (excluding diaryl/α,β-unsaturated/α-hetero) is 1. The monoisotopic (exact) mass is 410 g/mol. The van der Waals surface area contributed by atoms with E-state index in [0.29, 0.717) is 5.56 Å². The van der Waals surface area contributed by atoms with Gasteiger partial charge in [0.05, 0.1) is 10.9 Å². The topological polar surface area (TPSA) is 92.3 Å². The third kappa shape index (κ3) is 5.67. The first-order valence-corrected chi connectivity index (χ1v) is 9.93. The Morgan fingerprint density at radius 1 is 1.07 bits per heavy atom. The maximum Gasteiger partial charge on any atom is 0.240 e. The van der Waals surface area contributed by atoms with Gasteiger partial charge in [0.15, 0.2) is 17.4 Å². The molecule has 9 heteroatoms. The number of benzene rings is 2. The highest BCUT2D eigenvalue weighted by atomic mass is 32.2. The van der Waals surface area contributed by atoms with Crippen LogP contribution in [0.4, 0.5) is 8.78 Å². The fraction of sp³-hybridized carbons (Fsp3) is 0.263. The lowest BCUT2D eigenvalue weighted by Crippen LogP contribution is -2.32. The van der Waals surface area contributed by atoms with Gasteiger partial charge in [-0.2, -0.15) is 0 Å². The van der Waals surface area contributed by atoms with E-state index in [2.05, 4.69) is 10.0 Å². The van der Waals surface area contributed by atoms with E-state index < -0.39 is 33.6 Å². The molecule has 0 fully saturated rings. The maximum atomic E-state index is 13.3. The van der Waals surface area contributed by atoms with Gasteiger partial charge in [0, 0.05) is 18.5 Å². The second kappa shape index (κ2) is 9.03. The first-order chi connectivity index (χ1) is 13.1. The third-order valence-electron chi connectivity index (χ3n) is 4.02. The number of amides is 1. The van der Waals surface area contributed by atoms with Crippen LogP contribution in [0, 0.1) is 11.6 Å². The van der Waals surface area contributed by atoms with Crippen LogP contribution in [0.25, 0.3) is 0 Å². The van der Waals surface area contributed by atoms with E-state index in [0.717, 1.165) is 12.1 Å². The lowest BCUT2D eigenvalue weighted by Gasteiger charge is -2.15. The largest absolute Gasteiger partial charge is 0.350 e. The Morgan fingerprint density at radius 3 is 2.43 bits per heavy atom. The van der Waals surface area contributed by atoms with Gasteiger partial charge in [0.25, 0.3) is 0 Å². The van der Waals surface area contributed by atoms with E-state index in [1.165, 1.54) is 37.3 Å². The predicted molar refractivity (Wildman–Crippen MR) is 99.2 cm³/mol. The Balaban J connectivity index is 1.91. The molecule has 0 heterocycles. The normalized spacial score (nSPS) is 12.4. The van der Waals surface area contributed by atoms with E-state index in [-0.39, 0.29) is 29.2 Å². The number of carbonyl (C=O) groups excluding carboxylic acids is 2. The van der Waals surface area contributed by atoms with Gasteiger partial charge in [-0.15, -0.1) is 0 Å². The van der Waals surface area contributed by atoms with Crippen molar-refractivity contribution in [2.24, 2.45) is 0 Å². The molecular formula is C19H20F2N2O4S. The zero-order valence-electron chi connectivity index (χ0n) is 15.3. The molecule has 0 saturated heterocycles. The van der Waals surface area contributed by atoms with Crippen molar-refractivity contribution in [3.63, 3.8) is 0 Å². The Morgan fingerprint density at radius 2 is 1.79 bits per heavy atom. The van der Waals surface area contributed by atoms with Crippen molar-refractivity contribution in [2.45, 2.75) is 31.2 Å². The molecule has 1 amide bonds. The van der Waals surface area contributed by atoms with Crippen LogP contribution in [0.1, 0.15) is 42.2 Å². The van der Waals surface area contributed by atoms with E-state index in [9.17, 15) is 26.8 Å². The summed E-state index contributed by atoms with van der Waals surface area (Å²) in [7, 11) is -3.88. The van der Waals surface area contributed by atoms with E-state index in [1.54, 1.807) is 6.92 Å². The van der Waals surface area contributed by atoms with Gasteiger partial charge in [-0.1, -0.05) is 18.2 Å². The molecule has 0 aliphatic heterocycles. The molecule has 2 aromatic carbocycles. The molecule has 0 bridgehead atoms. The Kier molecular flexibility index (Phi) is 6.98. The van der Waals surface area contributed by atoms with Crippen molar-refractivity contribution in [3.05, 3.63) is 65.2 Å². The van der Waals surface area contributed by atoms with Gasteiger partial charge in [0.1, 0.15) is 0 Å². The molecule has 150 valence electrons. The predicted octanol–water partition coefficient (Wildman–Crippen LogP) is 2.71. The van der Waals surface area contributed by atoms with Crippen molar-refractivity contribution in [1.82, 2.24) is 10.0 Å². The minimum absolute atomic E-state index is 0.0734. The third-order valence-corrected chi connectivity index (χ3v) is 5.47. The highest BCUT2D eigenvalue weighted by Gasteiger charge is 2.17. The van der Waals surface area contributed by atoms with Crippen LogP contribution in [0.5, 0.6) is 0 Å². The number of sulfonamides is 1. The van der Waals surface area contributed by atoms with Gasteiger partial charge in [-0.25, -0.2) is 21.9 Å². The minimum Gasteiger partial charge on any atom is -0.350 e. The Bertz CT molecular complexity index is 993.